The SMILES string of the molecule is CC1(C(N)=O)CCNCC1.CN1CCC(=O)CC1.CN1CCC(C)(C#N)CC1. The van der Waals surface area contributed by atoms with Crippen LogP contribution in [0.1, 0.15) is 52.4 Å². The summed E-state index contributed by atoms with van der Waals surface area (Å²) in [6.07, 6.45) is 5.33. The van der Waals surface area contributed by atoms with Crippen molar-refractivity contribution in [3.05, 3.63) is 0 Å². The number of Topliss-reactive ketones (excluding diaryl/α,β-unsaturated/α-hetero) is 1. The van der Waals surface area contributed by atoms with E-state index in [0.29, 0.717) is 5.78 Å². The molecule has 0 bridgehead atoms. The first-order valence-corrected chi connectivity index (χ1v) is 10.4. The molecule has 0 unspecified atom stereocenters. The zero-order chi connectivity index (χ0) is 21.2. The van der Waals surface area contributed by atoms with E-state index in [-0.39, 0.29) is 16.7 Å². The monoisotopic (exact) mass is 393 g/mol. The summed E-state index contributed by atoms with van der Waals surface area (Å²) in [5, 5.41) is 12.0. The number of carbonyl (C=O) groups excluding carboxylic acids is 2. The van der Waals surface area contributed by atoms with Crippen molar-refractivity contribution in [3.8, 4) is 6.07 Å². The summed E-state index contributed by atoms with van der Waals surface area (Å²) in [6.45, 7) is 9.89. The van der Waals surface area contributed by atoms with Gasteiger partial charge in [0.2, 0.25) is 5.91 Å². The van der Waals surface area contributed by atoms with E-state index in [9.17, 15) is 9.59 Å². The molecule has 7 heteroatoms. The summed E-state index contributed by atoms with van der Waals surface area (Å²) >= 11 is 0. The van der Waals surface area contributed by atoms with Crippen LogP contribution in [-0.4, -0.2) is 74.9 Å². The van der Waals surface area contributed by atoms with Gasteiger partial charge in [-0.05, 0) is 72.9 Å². The normalized spacial score (nSPS) is 24.6. The highest BCUT2D eigenvalue weighted by molar-refractivity contribution is 5.80. The number of piperidine rings is 3. The molecule has 0 atom stereocenters. The molecule has 3 aliphatic rings. The van der Waals surface area contributed by atoms with Gasteiger partial charge in [0.25, 0.3) is 0 Å². The first-order chi connectivity index (χ1) is 13.1. The summed E-state index contributed by atoms with van der Waals surface area (Å²) in [7, 11) is 4.16. The number of likely N-dealkylation sites (tertiary alicyclic amines) is 2. The molecule has 0 aromatic rings. The van der Waals surface area contributed by atoms with E-state index in [1.807, 2.05) is 14.0 Å². The molecule has 1 amide bonds. The smallest absolute Gasteiger partial charge is 0.223 e. The Hall–Kier alpha value is -1.49. The van der Waals surface area contributed by atoms with Crippen molar-refractivity contribution in [3.63, 3.8) is 0 Å². The zero-order valence-corrected chi connectivity index (χ0v) is 18.2. The second kappa shape index (κ2) is 11.5. The summed E-state index contributed by atoms with van der Waals surface area (Å²) in [5.74, 6) is 0.261. The van der Waals surface area contributed by atoms with E-state index in [0.717, 1.165) is 77.8 Å². The lowest BCUT2D eigenvalue weighted by Gasteiger charge is -2.32. The standard InChI is InChI=1S/C8H14N2.C7H14N2O.C6H11NO/c1-8(7-9)3-5-10(2)6-4-8;1-7(6(8)10)2-4-9-5-3-7;1-7-4-2-6(8)3-5-7/h3-6H2,1-2H3;9H,2-5H2,1H3,(H2,8,10);2-5H2,1H3. The molecule has 0 aliphatic carbocycles. The third-order valence-electron chi connectivity index (χ3n) is 6.21. The number of primary amides is 1. The van der Waals surface area contributed by atoms with E-state index in [1.54, 1.807) is 0 Å². The predicted molar refractivity (Wildman–Crippen MR) is 112 cm³/mol. The molecule has 28 heavy (non-hydrogen) atoms. The number of nitrogens with zero attached hydrogens (tertiary/aromatic N) is 3. The van der Waals surface area contributed by atoms with E-state index < -0.39 is 0 Å². The fraction of sp³-hybridized carbons (Fsp3) is 0.857. The summed E-state index contributed by atoms with van der Waals surface area (Å²) in [6, 6.07) is 2.37. The average Bonchev–Trinajstić information content (AvgIpc) is 2.68. The molecule has 3 saturated heterocycles. The Balaban J connectivity index is 0.000000212. The fourth-order valence-corrected chi connectivity index (χ4v) is 3.32. The Morgan fingerprint density at radius 2 is 1.46 bits per heavy atom. The van der Waals surface area contributed by atoms with E-state index in [1.165, 1.54) is 0 Å². The van der Waals surface area contributed by atoms with Gasteiger partial charge in [0.15, 0.2) is 0 Å². The Labute approximate surface area is 170 Å². The Morgan fingerprint density at radius 1 is 1.00 bits per heavy atom. The minimum Gasteiger partial charge on any atom is -0.369 e. The molecule has 0 radical (unpaired) electrons. The molecular formula is C21H39N5O2. The van der Waals surface area contributed by atoms with E-state index in [2.05, 4.69) is 35.2 Å². The number of amides is 1. The highest BCUT2D eigenvalue weighted by Crippen LogP contribution is 2.28. The number of rotatable bonds is 1. The summed E-state index contributed by atoms with van der Waals surface area (Å²) < 4.78 is 0. The third kappa shape index (κ3) is 8.68. The van der Waals surface area contributed by atoms with Crippen LogP contribution in [0.2, 0.25) is 0 Å². The van der Waals surface area contributed by atoms with Gasteiger partial charge < -0.3 is 20.9 Å². The highest BCUT2D eigenvalue weighted by atomic mass is 16.1. The molecular weight excluding hydrogens is 354 g/mol. The van der Waals surface area contributed by atoms with Crippen LogP contribution in [0.25, 0.3) is 0 Å². The van der Waals surface area contributed by atoms with Gasteiger partial charge in [-0.25, -0.2) is 0 Å². The van der Waals surface area contributed by atoms with Gasteiger partial charge in [0.1, 0.15) is 5.78 Å². The van der Waals surface area contributed by atoms with Gasteiger partial charge in [-0.15, -0.1) is 0 Å². The van der Waals surface area contributed by atoms with Crippen LogP contribution < -0.4 is 11.1 Å². The molecule has 160 valence electrons. The predicted octanol–water partition coefficient (Wildman–Crippen LogP) is 1.38. The van der Waals surface area contributed by atoms with Crippen molar-refractivity contribution in [2.24, 2.45) is 16.6 Å². The van der Waals surface area contributed by atoms with Gasteiger partial charge in [0, 0.05) is 31.3 Å². The molecule has 0 saturated carbocycles. The number of nitriles is 1. The number of hydrogen-bond acceptors (Lipinski definition) is 6. The molecule has 3 fully saturated rings. The number of ketones is 1. The first kappa shape index (κ1) is 24.5. The molecule has 0 spiro atoms. The van der Waals surface area contributed by atoms with Gasteiger partial charge >= 0.3 is 0 Å². The van der Waals surface area contributed by atoms with Gasteiger partial charge in [0.05, 0.1) is 11.5 Å². The number of hydrogen-bond donors (Lipinski definition) is 2. The number of nitrogens with two attached hydrogens (primary N) is 1. The van der Waals surface area contributed by atoms with Crippen LogP contribution in [0.15, 0.2) is 0 Å². The van der Waals surface area contributed by atoms with Crippen LogP contribution in [0.3, 0.4) is 0 Å². The second-order valence-corrected chi connectivity index (χ2v) is 8.99. The van der Waals surface area contributed by atoms with Crippen LogP contribution in [0.5, 0.6) is 0 Å². The Kier molecular flexibility index (Phi) is 10.1. The van der Waals surface area contributed by atoms with Crippen molar-refractivity contribution in [2.75, 3.05) is 53.4 Å². The molecule has 3 N–H and O–H groups in total. The van der Waals surface area contributed by atoms with E-state index >= 15 is 0 Å². The van der Waals surface area contributed by atoms with Crippen LogP contribution in [0, 0.1) is 22.2 Å². The number of nitrogens with one attached hydrogen (secondary N) is 1. The van der Waals surface area contributed by atoms with Crippen molar-refractivity contribution < 1.29 is 9.59 Å². The maximum atomic E-state index is 10.9. The van der Waals surface area contributed by atoms with Crippen LogP contribution in [-0.2, 0) is 9.59 Å². The maximum absolute atomic E-state index is 10.9. The van der Waals surface area contributed by atoms with Gasteiger partial charge in [-0.3, -0.25) is 9.59 Å². The molecule has 3 heterocycles. The second-order valence-electron chi connectivity index (χ2n) is 8.99. The third-order valence-corrected chi connectivity index (χ3v) is 6.21. The van der Waals surface area contributed by atoms with Crippen molar-refractivity contribution in [1.82, 2.24) is 15.1 Å². The van der Waals surface area contributed by atoms with Crippen molar-refractivity contribution in [1.29, 1.82) is 5.26 Å². The topological polar surface area (TPSA) is 102 Å². The fourth-order valence-electron chi connectivity index (χ4n) is 3.32. The average molecular weight is 394 g/mol. The molecule has 0 aromatic heterocycles. The Morgan fingerprint density at radius 3 is 1.82 bits per heavy atom. The van der Waals surface area contributed by atoms with Crippen molar-refractivity contribution >= 4 is 11.7 Å². The summed E-state index contributed by atoms with van der Waals surface area (Å²) in [4.78, 5) is 25.9. The summed E-state index contributed by atoms with van der Waals surface area (Å²) in [5.41, 5.74) is 4.95. The lowest BCUT2D eigenvalue weighted by Crippen LogP contribution is -2.43. The van der Waals surface area contributed by atoms with Crippen molar-refractivity contribution in [2.45, 2.75) is 52.4 Å². The highest BCUT2D eigenvalue weighted by Gasteiger charge is 2.32. The minimum atomic E-state index is -0.245. The first-order valence-electron chi connectivity index (χ1n) is 10.4. The quantitative estimate of drug-likeness (QED) is 0.698. The molecule has 3 rings (SSSR count). The Bertz CT molecular complexity index is 533. The largest absolute Gasteiger partial charge is 0.369 e. The van der Waals surface area contributed by atoms with Crippen LogP contribution in [0.4, 0.5) is 0 Å². The molecule has 7 nitrogen and oxygen atoms in total. The van der Waals surface area contributed by atoms with Gasteiger partial charge in [-0.1, -0.05) is 6.92 Å². The van der Waals surface area contributed by atoms with Gasteiger partial charge in [-0.2, -0.15) is 5.26 Å². The lowest BCUT2D eigenvalue weighted by molar-refractivity contribution is -0.128. The van der Waals surface area contributed by atoms with E-state index in [4.69, 9.17) is 11.0 Å². The zero-order valence-electron chi connectivity index (χ0n) is 18.2. The van der Waals surface area contributed by atoms with Crippen LogP contribution >= 0.6 is 0 Å². The lowest BCUT2D eigenvalue weighted by atomic mass is 9.80. The molecule has 0 aromatic carbocycles. The number of carbonyl (C=O) groups is 2. The molecule has 3 aliphatic heterocycles. The maximum Gasteiger partial charge on any atom is 0.223 e. The minimum absolute atomic E-state index is 0.0352.